The molecule has 0 saturated heterocycles. The molecule has 2 nitrogen and oxygen atoms in total. The van der Waals surface area contributed by atoms with Gasteiger partial charge in [0.1, 0.15) is 22.3 Å². The first-order chi connectivity index (χ1) is 42.6. The van der Waals surface area contributed by atoms with E-state index in [1.165, 1.54) is 126 Å². The molecule has 0 aliphatic carbocycles. The van der Waals surface area contributed by atoms with Gasteiger partial charge < -0.3 is 8.83 Å². The molecular formula is C84H50O2. The molecule has 18 aromatic rings. The van der Waals surface area contributed by atoms with Crippen molar-refractivity contribution >= 4 is 109 Å². The molecule has 0 aliphatic rings. The van der Waals surface area contributed by atoms with Gasteiger partial charge in [-0.3, -0.25) is 0 Å². The minimum absolute atomic E-state index is 0.872. The average molecular weight is 1090 g/mol. The van der Waals surface area contributed by atoms with Crippen LogP contribution in [0.15, 0.2) is 312 Å². The summed E-state index contributed by atoms with van der Waals surface area (Å²) in [6, 6.07) is 111. The lowest BCUT2D eigenvalue weighted by Crippen LogP contribution is -1.92. The molecular weight excluding hydrogens is 1040 g/mol. The number of furan rings is 2. The Morgan fingerprint density at radius 2 is 0.477 bits per heavy atom. The Bertz CT molecular complexity index is 5720. The van der Waals surface area contributed by atoms with E-state index in [0.717, 1.165) is 60.6 Å². The minimum atomic E-state index is 0.872. The largest absolute Gasteiger partial charge is 0.456 e. The van der Waals surface area contributed by atoms with E-state index in [1.807, 2.05) is 12.1 Å². The number of fused-ring (bicyclic) bond motifs is 12. The van der Waals surface area contributed by atoms with Gasteiger partial charge in [0.15, 0.2) is 0 Å². The molecule has 2 heteroatoms. The van der Waals surface area contributed by atoms with Crippen LogP contribution in [0.2, 0.25) is 0 Å². The van der Waals surface area contributed by atoms with Crippen molar-refractivity contribution in [1.82, 2.24) is 0 Å². The van der Waals surface area contributed by atoms with Crippen LogP contribution < -0.4 is 0 Å². The van der Waals surface area contributed by atoms with Crippen molar-refractivity contribution in [3.05, 3.63) is 303 Å². The maximum absolute atomic E-state index is 6.63. The fraction of sp³-hybridized carbons (Fsp3) is 0. The fourth-order valence-corrected chi connectivity index (χ4v) is 14.4. The normalized spacial score (nSPS) is 12.0. The topological polar surface area (TPSA) is 26.3 Å². The van der Waals surface area contributed by atoms with E-state index in [-0.39, 0.29) is 0 Å². The van der Waals surface area contributed by atoms with Crippen LogP contribution in [0.25, 0.3) is 186 Å². The fourth-order valence-electron chi connectivity index (χ4n) is 14.4. The van der Waals surface area contributed by atoms with Crippen molar-refractivity contribution in [2.24, 2.45) is 0 Å². The summed E-state index contributed by atoms with van der Waals surface area (Å²) in [7, 11) is 0. The van der Waals surface area contributed by atoms with Gasteiger partial charge in [-0.05, 0) is 191 Å². The standard InChI is InChI=1S/C84H50O2/c1-2-21-59-52(17-1)18-14-34-64(59)83-72-29-9-5-25-68(72)82(69-26-6-10-30-73(69)83)58-20-13-19-54(47-58)56-42-45-79-75(49-56)76-50-57(43-46-80(76)86-79)60-31-15-33-62-61(60)32-16-35-65(62)84-70-27-7-3-23-66(70)81(67-24-4-8-28-71(67)84)53-39-37-51(38-40-53)55-41-44-78-74(48-55)63-22-11-12-36-77(63)85-78/h1-50H. The third-order valence-electron chi connectivity index (χ3n) is 18.3. The first kappa shape index (κ1) is 48.2. The lowest BCUT2D eigenvalue weighted by Gasteiger charge is -2.19. The van der Waals surface area contributed by atoms with Crippen LogP contribution in [0, 0.1) is 0 Å². The third kappa shape index (κ3) is 7.46. The molecule has 0 radical (unpaired) electrons. The van der Waals surface area contributed by atoms with Crippen LogP contribution in [-0.2, 0) is 0 Å². The van der Waals surface area contributed by atoms with Crippen molar-refractivity contribution in [3.8, 4) is 77.9 Å². The molecule has 0 amide bonds. The van der Waals surface area contributed by atoms with Crippen molar-refractivity contribution < 1.29 is 8.83 Å². The van der Waals surface area contributed by atoms with Crippen LogP contribution >= 0.6 is 0 Å². The molecule has 0 N–H and O–H groups in total. The molecule has 2 heterocycles. The molecule has 0 atom stereocenters. The van der Waals surface area contributed by atoms with Crippen LogP contribution in [-0.4, -0.2) is 0 Å². The lowest BCUT2D eigenvalue weighted by atomic mass is 9.84. The van der Waals surface area contributed by atoms with Gasteiger partial charge in [-0.25, -0.2) is 0 Å². The maximum Gasteiger partial charge on any atom is 0.135 e. The average Bonchev–Trinajstić information content (AvgIpc) is 1.25. The quantitative estimate of drug-likeness (QED) is 0.149. The molecule has 18 rings (SSSR count). The summed E-state index contributed by atoms with van der Waals surface area (Å²) in [5.74, 6) is 0. The van der Waals surface area contributed by atoms with Gasteiger partial charge in [-0.2, -0.15) is 0 Å². The smallest absolute Gasteiger partial charge is 0.135 e. The second-order valence-corrected chi connectivity index (χ2v) is 22.9. The van der Waals surface area contributed by atoms with Gasteiger partial charge in [0, 0.05) is 21.5 Å². The third-order valence-corrected chi connectivity index (χ3v) is 18.3. The zero-order valence-electron chi connectivity index (χ0n) is 46.7. The highest BCUT2D eigenvalue weighted by Crippen LogP contribution is 2.49. The first-order valence-electron chi connectivity index (χ1n) is 29.6. The molecule has 86 heavy (non-hydrogen) atoms. The van der Waals surface area contributed by atoms with Crippen LogP contribution in [0.4, 0.5) is 0 Å². The maximum atomic E-state index is 6.63. The van der Waals surface area contributed by atoms with E-state index in [0.29, 0.717) is 0 Å². The number of hydrogen-bond acceptors (Lipinski definition) is 2. The van der Waals surface area contributed by atoms with Crippen LogP contribution in [0.3, 0.4) is 0 Å². The van der Waals surface area contributed by atoms with Gasteiger partial charge in [-0.15, -0.1) is 0 Å². The summed E-state index contributed by atoms with van der Waals surface area (Å²) in [6.45, 7) is 0. The zero-order chi connectivity index (χ0) is 56.4. The molecule has 398 valence electrons. The van der Waals surface area contributed by atoms with Gasteiger partial charge in [0.05, 0.1) is 0 Å². The molecule has 0 aliphatic heterocycles. The Kier molecular flexibility index (Phi) is 10.7. The number of benzene rings is 16. The molecule has 0 bridgehead atoms. The number of para-hydroxylation sites is 1. The van der Waals surface area contributed by atoms with Crippen LogP contribution in [0.1, 0.15) is 0 Å². The molecule has 0 fully saturated rings. The molecule has 16 aromatic carbocycles. The summed E-state index contributed by atoms with van der Waals surface area (Å²) in [4.78, 5) is 0. The Morgan fingerprint density at radius 3 is 1.06 bits per heavy atom. The van der Waals surface area contributed by atoms with Gasteiger partial charge >= 0.3 is 0 Å². The Morgan fingerprint density at radius 1 is 0.151 bits per heavy atom. The summed E-state index contributed by atoms with van der Waals surface area (Å²) < 4.78 is 12.8. The molecule has 0 saturated carbocycles. The first-order valence-corrected chi connectivity index (χ1v) is 29.6. The SMILES string of the molecule is c1cc(-c2ccc3oc4ccc(-c5cccc6c(-c7c8ccccc8c(-c8ccc(-c9ccc%10oc%11ccccc%11c%10c9)cc8)c8ccccc78)cccc56)cc4c3c2)cc(-c2c3ccccc3c(-c3cccc4ccccc34)c3ccccc23)c1. The summed E-state index contributed by atoms with van der Waals surface area (Å²) in [5, 5.41) is 19.3. The van der Waals surface area contributed by atoms with Crippen molar-refractivity contribution in [3.63, 3.8) is 0 Å². The monoisotopic (exact) mass is 1090 g/mol. The second-order valence-electron chi connectivity index (χ2n) is 22.9. The second kappa shape index (κ2) is 19.1. The molecule has 2 aromatic heterocycles. The molecule has 0 spiro atoms. The van der Waals surface area contributed by atoms with Gasteiger partial charge in [-0.1, -0.05) is 255 Å². The number of hydrogen-bond donors (Lipinski definition) is 0. The van der Waals surface area contributed by atoms with E-state index < -0.39 is 0 Å². The van der Waals surface area contributed by atoms with Crippen molar-refractivity contribution in [1.29, 1.82) is 0 Å². The Hall–Kier alpha value is -11.3. The van der Waals surface area contributed by atoms with E-state index in [9.17, 15) is 0 Å². The lowest BCUT2D eigenvalue weighted by molar-refractivity contribution is 0.668. The molecule has 0 unspecified atom stereocenters. The van der Waals surface area contributed by atoms with Gasteiger partial charge in [0.25, 0.3) is 0 Å². The summed E-state index contributed by atoms with van der Waals surface area (Å²) in [6.07, 6.45) is 0. The predicted octanol–water partition coefficient (Wildman–Crippen LogP) is 24.1. The van der Waals surface area contributed by atoms with Gasteiger partial charge in [0.2, 0.25) is 0 Å². The summed E-state index contributed by atoms with van der Waals surface area (Å²) >= 11 is 0. The highest BCUT2D eigenvalue weighted by atomic mass is 16.3. The van der Waals surface area contributed by atoms with Crippen LogP contribution in [0.5, 0.6) is 0 Å². The number of rotatable bonds is 7. The Labute approximate surface area is 495 Å². The highest BCUT2D eigenvalue weighted by Gasteiger charge is 2.22. The zero-order valence-corrected chi connectivity index (χ0v) is 46.7. The van der Waals surface area contributed by atoms with E-state index in [2.05, 4.69) is 291 Å². The van der Waals surface area contributed by atoms with E-state index >= 15 is 0 Å². The van der Waals surface area contributed by atoms with Crippen molar-refractivity contribution in [2.45, 2.75) is 0 Å². The Balaban J connectivity index is 0.727. The van der Waals surface area contributed by atoms with Crippen molar-refractivity contribution in [2.75, 3.05) is 0 Å². The predicted molar refractivity (Wildman–Crippen MR) is 364 cm³/mol. The minimum Gasteiger partial charge on any atom is -0.456 e. The summed E-state index contributed by atoms with van der Waals surface area (Å²) in [5.41, 5.74) is 20.4. The van der Waals surface area contributed by atoms with E-state index in [1.54, 1.807) is 0 Å². The highest BCUT2D eigenvalue weighted by molar-refractivity contribution is 6.26. The van der Waals surface area contributed by atoms with E-state index in [4.69, 9.17) is 8.83 Å².